The van der Waals surface area contributed by atoms with Gasteiger partial charge in [-0.2, -0.15) is 0 Å². The molecule has 0 unspecified atom stereocenters. The summed E-state index contributed by atoms with van der Waals surface area (Å²) in [5, 5.41) is 8.79. The molecular formula is C26H29N3O3. The maximum absolute atomic E-state index is 12.3. The molecule has 3 aromatic carbocycles. The number of benzene rings is 3. The van der Waals surface area contributed by atoms with Crippen molar-refractivity contribution in [2.45, 2.75) is 20.8 Å². The third-order valence-electron chi connectivity index (χ3n) is 4.60. The Bertz CT molecular complexity index is 1040. The molecular weight excluding hydrogens is 402 g/mol. The summed E-state index contributed by atoms with van der Waals surface area (Å²) >= 11 is 0. The number of hydrogen-bond acceptors (Lipinski definition) is 4. The van der Waals surface area contributed by atoms with Gasteiger partial charge in [0, 0.05) is 22.6 Å². The molecule has 0 saturated carbocycles. The Morgan fingerprint density at radius 3 is 2.09 bits per heavy atom. The van der Waals surface area contributed by atoms with Crippen LogP contribution in [0.3, 0.4) is 0 Å². The number of rotatable bonds is 9. The van der Waals surface area contributed by atoms with Gasteiger partial charge in [0.25, 0.3) is 5.91 Å². The largest absolute Gasteiger partial charge is 0.493 e. The smallest absolute Gasteiger partial charge is 0.255 e. The van der Waals surface area contributed by atoms with Gasteiger partial charge < -0.3 is 20.7 Å². The fourth-order valence-corrected chi connectivity index (χ4v) is 2.95. The number of aryl methyl sites for hydroxylation is 1. The molecule has 0 aliphatic heterocycles. The molecule has 2 amide bonds. The molecule has 3 rings (SSSR count). The molecule has 0 fully saturated rings. The van der Waals surface area contributed by atoms with Gasteiger partial charge in [0.1, 0.15) is 5.75 Å². The highest BCUT2D eigenvalue weighted by Crippen LogP contribution is 2.17. The maximum Gasteiger partial charge on any atom is 0.255 e. The van der Waals surface area contributed by atoms with E-state index in [4.69, 9.17) is 4.74 Å². The highest BCUT2D eigenvalue weighted by Gasteiger charge is 2.07. The third-order valence-corrected chi connectivity index (χ3v) is 4.60. The Hall–Kier alpha value is -3.80. The van der Waals surface area contributed by atoms with Crippen LogP contribution in [0.2, 0.25) is 0 Å². The number of nitrogens with one attached hydrogen (secondary N) is 3. The molecule has 0 saturated heterocycles. The highest BCUT2D eigenvalue weighted by molar-refractivity contribution is 6.04. The van der Waals surface area contributed by atoms with Crippen molar-refractivity contribution in [2.75, 3.05) is 29.1 Å². The molecule has 0 bridgehead atoms. The van der Waals surface area contributed by atoms with E-state index in [1.807, 2.05) is 49.4 Å². The first-order valence-electron chi connectivity index (χ1n) is 10.6. The van der Waals surface area contributed by atoms with Crippen molar-refractivity contribution in [3.05, 3.63) is 83.9 Å². The van der Waals surface area contributed by atoms with E-state index in [-0.39, 0.29) is 18.4 Å². The molecule has 0 spiro atoms. The molecule has 0 aromatic heterocycles. The monoisotopic (exact) mass is 431 g/mol. The molecule has 0 atom stereocenters. The van der Waals surface area contributed by atoms with Crippen LogP contribution in [0.4, 0.5) is 17.1 Å². The second-order valence-electron chi connectivity index (χ2n) is 8.03. The van der Waals surface area contributed by atoms with Crippen molar-refractivity contribution in [3.8, 4) is 5.75 Å². The number of carbonyl (C=O) groups is 2. The van der Waals surface area contributed by atoms with Gasteiger partial charge in [-0.1, -0.05) is 31.5 Å². The van der Waals surface area contributed by atoms with Crippen molar-refractivity contribution in [2.24, 2.45) is 5.92 Å². The van der Waals surface area contributed by atoms with Crippen molar-refractivity contribution < 1.29 is 14.3 Å². The quantitative estimate of drug-likeness (QED) is 0.428. The molecule has 6 heteroatoms. The van der Waals surface area contributed by atoms with Crippen LogP contribution in [0.25, 0.3) is 0 Å². The summed E-state index contributed by atoms with van der Waals surface area (Å²) in [6.07, 6.45) is 0. The molecule has 0 aliphatic rings. The van der Waals surface area contributed by atoms with E-state index >= 15 is 0 Å². The summed E-state index contributed by atoms with van der Waals surface area (Å²) in [5.74, 6) is 0.940. The van der Waals surface area contributed by atoms with Gasteiger partial charge in [-0.25, -0.2) is 0 Å². The van der Waals surface area contributed by atoms with Gasteiger partial charge in [0.05, 0.1) is 13.2 Å². The van der Waals surface area contributed by atoms with Gasteiger partial charge in [0.15, 0.2) is 0 Å². The molecule has 32 heavy (non-hydrogen) atoms. The minimum Gasteiger partial charge on any atom is -0.493 e. The molecule has 3 N–H and O–H groups in total. The lowest BCUT2D eigenvalue weighted by Crippen LogP contribution is -2.21. The summed E-state index contributed by atoms with van der Waals surface area (Å²) in [7, 11) is 0. The average molecular weight is 432 g/mol. The topological polar surface area (TPSA) is 79.5 Å². The van der Waals surface area contributed by atoms with E-state index < -0.39 is 0 Å². The van der Waals surface area contributed by atoms with Gasteiger partial charge in [-0.3, -0.25) is 9.59 Å². The van der Waals surface area contributed by atoms with Crippen LogP contribution < -0.4 is 20.7 Å². The van der Waals surface area contributed by atoms with E-state index in [9.17, 15) is 9.59 Å². The normalized spacial score (nSPS) is 10.5. The SMILES string of the molecule is Cc1cccc(C(=O)Nc2ccc(NC(=O)CNc3ccc(OCC(C)C)cc3)cc2)c1. The van der Waals surface area contributed by atoms with Crippen molar-refractivity contribution in [1.29, 1.82) is 0 Å². The zero-order valence-corrected chi connectivity index (χ0v) is 18.6. The predicted molar refractivity (Wildman–Crippen MR) is 129 cm³/mol. The number of anilines is 3. The summed E-state index contributed by atoms with van der Waals surface area (Å²) in [6, 6.07) is 22.0. The van der Waals surface area contributed by atoms with E-state index in [0.29, 0.717) is 29.5 Å². The molecule has 0 aliphatic carbocycles. The first-order chi connectivity index (χ1) is 15.4. The van der Waals surface area contributed by atoms with Crippen LogP contribution in [-0.4, -0.2) is 25.0 Å². The number of amides is 2. The van der Waals surface area contributed by atoms with E-state index in [0.717, 1.165) is 17.0 Å². The zero-order valence-electron chi connectivity index (χ0n) is 18.6. The lowest BCUT2D eigenvalue weighted by molar-refractivity contribution is -0.114. The highest BCUT2D eigenvalue weighted by atomic mass is 16.5. The van der Waals surface area contributed by atoms with Crippen LogP contribution in [0.1, 0.15) is 29.8 Å². The molecule has 6 nitrogen and oxygen atoms in total. The van der Waals surface area contributed by atoms with Crippen LogP contribution in [0.5, 0.6) is 5.75 Å². The minimum absolute atomic E-state index is 0.137. The second-order valence-corrected chi connectivity index (χ2v) is 8.03. The minimum atomic E-state index is -0.171. The summed E-state index contributed by atoms with van der Waals surface area (Å²) in [6.45, 7) is 6.95. The first-order valence-corrected chi connectivity index (χ1v) is 10.6. The number of ether oxygens (including phenoxy) is 1. The van der Waals surface area contributed by atoms with Crippen molar-refractivity contribution >= 4 is 28.9 Å². The van der Waals surface area contributed by atoms with Gasteiger partial charge >= 0.3 is 0 Å². The number of hydrogen-bond donors (Lipinski definition) is 3. The summed E-state index contributed by atoms with van der Waals surface area (Å²) in [4.78, 5) is 24.6. The van der Waals surface area contributed by atoms with Crippen LogP contribution in [-0.2, 0) is 4.79 Å². The maximum atomic E-state index is 12.3. The lowest BCUT2D eigenvalue weighted by Gasteiger charge is -2.11. The fraction of sp³-hybridized carbons (Fsp3) is 0.231. The Morgan fingerprint density at radius 2 is 1.47 bits per heavy atom. The second kappa shape index (κ2) is 11.0. The Morgan fingerprint density at radius 1 is 0.844 bits per heavy atom. The Kier molecular flexibility index (Phi) is 7.86. The third kappa shape index (κ3) is 7.16. The van der Waals surface area contributed by atoms with Gasteiger partial charge in [0.2, 0.25) is 5.91 Å². The van der Waals surface area contributed by atoms with Crippen LogP contribution in [0.15, 0.2) is 72.8 Å². The van der Waals surface area contributed by atoms with E-state index in [1.165, 1.54) is 0 Å². The van der Waals surface area contributed by atoms with Crippen LogP contribution >= 0.6 is 0 Å². The van der Waals surface area contributed by atoms with Gasteiger partial charge in [-0.15, -0.1) is 0 Å². The lowest BCUT2D eigenvalue weighted by atomic mass is 10.1. The van der Waals surface area contributed by atoms with Crippen molar-refractivity contribution in [3.63, 3.8) is 0 Å². The molecule has 3 aromatic rings. The Labute approximate surface area is 189 Å². The van der Waals surface area contributed by atoms with Crippen molar-refractivity contribution in [1.82, 2.24) is 0 Å². The van der Waals surface area contributed by atoms with Gasteiger partial charge in [-0.05, 0) is 73.5 Å². The molecule has 0 radical (unpaired) electrons. The summed E-state index contributed by atoms with van der Waals surface area (Å²) in [5.41, 5.74) is 3.79. The first kappa shape index (κ1) is 22.9. The fourth-order valence-electron chi connectivity index (χ4n) is 2.95. The molecule has 166 valence electrons. The molecule has 0 heterocycles. The predicted octanol–water partition coefficient (Wildman–Crippen LogP) is 5.33. The average Bonchev–Trinajstić information content (AvgIpc) is 2.78. The van der Waals surface area contributed by atoms with E-state index in [1.54, 1.807) is 30.3 Å². The summed E-state index contributed by atoms with van der Waals surface area (Å²) < 4.78 is 5.66. The van der Waals surface area contributed by atoms with Crippen LogP contribution in [0, 0.1) is 12.8 Å². The zero-order chi connectivity index (χ0) is 22.9. The Balaban J connectivity index is 1.45. The van der Waals surface area contributed by atoms with E-state index in [2.05, 4.69) is 29.8 Å². The standard InChI is InChI=1S/C26H29N3O3/c1-18(2)17-32-24-13-11-21(12-14-24)27-16-25(30)28-22-7-9-23(10-8-22)29-26(31)20-6-4-5-19(3)15-20/h4-15,18,27H,16-17H2,1-3H3,(H,28,30)(H,29,31). The number of carbonyl (C=O) groups excluding carboxylic acids is 2.